The van der Waals surface area contributed by atoms with Crippen LogP contribution in [0.2, 0.25) is 0 Å². The van der Waals surface area contributed by atoms with Crippen molar-refractivity contribution in [2.45, 2.75) is 25.2 Å². The topological polar surface area (TPSA) is 66.5 Å². The molecule has 1 aromatic carbocycles. The molecule has 2 unspecified atom stereocenters. The lowest BCUT2D eigenvalue weighted by Gasteiger charge is -2.19. The van der Waals surface area contributed by atoms with Crippen LogP contribution in [0.1, 0.15) is 23.7 Å². The number of rotatable bonds is 5. The smallest absolute Gasteiger partial charge is 0.105 e. The van der Waals surface area contributed by atoms with Crippen molar-refractivity contribution in [1.82, 2.24) is 0 Å². The third-order valence-corrected chi connectivity index (χ3v) is 2.64. The Morgan fingerprint density at radius 1 is 1.27 bits per heavy atom. The van der Waals surface area contributed by atoms with Gasteiger partial charge in [-0.2, -0.15) is 12.6 Å². The summed E-state index contributed by atoms with van der Waals surface area (Å²) in [5, 5.41) is 19.5. The molecule has 0 aliphatic carbocycles. The van der Waals surface area contributed by atoms with Gasteiger partial charge in [-0.3, -0.25) is 0 Å². The molecule has 0 aromatic heterocycles. The third-order valence-electron chi connectivity index (χ3n) is 2.38. The molecule has 0 spiro atoms. The molecular weight excluding hydrogens is 210 g/mol. The SMILES string of the molecule is NCc1ccccc1C(O)C(O)CCS. The van der Waals surface area contributed by atoms with Gasteiger partial charge in [-0.1, -0.05) is 24.3 Å². The van der Waals surface area contributed by atoms with Gasteiger partial charge in [0.05, 0.1) is 6.10 Å². The molecule has 0 aliphatic rings. The summed E-state index contributed by atoms with van der Waals surface area (Å²) in [6.45, 7) is 0.362. The Labute approximate surface area is 95.3 Å². The van der Waals surface area contributed by atoms with E-state index in [1.165, 1.54) is 0 Å². The van der Waals surface area contributed by atoms with Gasteiger partial charge in [0.15, 0.2) is 0 Å². The number of hydrogen-bond acceptors (Lipinski definition) is 4. The second-order valence-electron chi connectivity index (χ2n) is 3.43. The monoisotopic (exact) mass is 227 g/mol. The molecule has 0 fully saturated rings. The van der Waals surface area contributed by atoms with E-state index in [-0.39, 0.29) is 0 Å². The quantitative estimate of drug-likeness (QED) is 0.564. The molecule has 0 saturated carbocycles. The lowest BCUT2D eigenvalue weighted by molar-refractivity contribution is 0.0167. The molecule has 15 heavy (non-hydrogen) atoms. The van der Waals surface area contributed by atoms with Crippen LogP contribution in [0.4, 0.5) is 0 Å². The molecule has 4 heteroatoms. The molecule has 1 rings (SSSR count). The first kappa shape index (κ1) is 12.5. The van der Waals surface area contributed by atoms with Gasteiger partial charge in [-0.15, -0.1) is 0 Å². The van der Waals surface area contributed by atoms with Crippen LogP contribution in [-0.4, -0.2) is 22.1 Å². The molecule has 84 valence electrons. The Bertz CT molecular complexity index is 306. The van der Waals surface area contributed by atoms with Crippen molar-refractivity contribution in [2.75, 3.05) is 5.75 Å². The van der Waals surface area contributed by atoms with Crippen molar-refractivity contribution in [3.05, 3.63) is 35.4 Å². The third kappa shape index (κ3) is 3.21. The van der Waals surface area contributed by atoms with E-state index in [9.17, 15) is 10.2 Å². The summed E-state index contributed by atoms with van der Waals surface area (Å²) in [6.07, 6.45) is -1.20. The largest absolute Gasteiger partial charge is 0.390 e. The van der Waals surface area contributed by atoms with Gasteiger partial charge >= 0.3 is 0 Å². The summed E-state index contributed by atoms with van der Waals surface area (Å²) < 4.78 is 0. The van der Waals surface area contributed by atoms with Gasteiger partial charge in [-0.05, 0) is 23.3 Å². The summed E-state index contributed by atoms with van der Waals surface area (Å²) >= 11 is 4.02. The maximum Gasteiger partial charge on any atom is 0.105 e. The van der Waals surface area contributed by atoms with E-state index in [1.54, 1.807) is 6.07 Å². The minimum atomic E-state index is -0.878. The molecule has 0 aliphatic heterocycles. The summed E-state index contributed by atoms with van der Waals surface area (Å²) in [5.74, 6) is 0.545. The second kappa shape index (κ2) is 6.12. The highest BCUT2D eigenvalue weighted by Gasteiger charge is 2.19. The fourth-order valence-electron chi connectivity index (χ4n) is 1.51. The minimum absolute atomic E-state index is 0.362. The van der Waals surface area contributed by atoms with E-state index in [2.05, 4.69) is 12.6 Å². The molecule has 0 bridgehead atoms. The molecule has 3 nitrogen and oxygen atoms in total. The van der Waals surface area contributed by atoms with Gasteiger partial charge in [0.1, 0.15) is 6.10 Å². The average Bonchev–Trinajstić information content (AvgIpc) is 2.28. The molecular formula is C11H17NO2S. The molecule has 0 amide bonds. The van der Waals surface area contributed by atoms with Crippen molar-refractivity contribution >= 4 is 12.6 Å². The lowest BCUT2D eigenvalue weighted by Crippen LogP contribution is -2.20. The summed E-state index contributed by atoms with van der Waals surface area (Å²) in [7, 11) is 0. The maximum atomic E-state index is 9.89. The molecule has 0 radical (unpaired) electrons. The van der Waals surface area contributed by atoms with E-state index >= 15 is 0 Å². The number of thiol groups is 1. The highest BCUT2D eigenvalue weighted by molar-refractivity contribution is 7.80. The van der Waals surface area contributed by atoms with Crippen LogP contribution in [0.3, 0.4) is 0 Å². The zero-order valence-corrected chi connectivity index (χ0v) is 9.40. The van der Waals surface area contributed by atoms with Gasteiger partial charge in [-0.25, -0.2) is 0 Å². The first-order valence-corrected chi connectivity index (χ1v) is 5.58. The van der Waals surface area contributed by atoms with Gasteiger partial charge < -0.3 is 15.9 Å². The van der Waals surface area contributed by atoms with E-state index in [0.29, 0.717) is 24.3 Å². The van der Waals surface area contributed by atoms with Crippen LogP contribution in [0.15, 0.2) is 24.3 Å². The highest BCUT2D eigenvalue weighted by Crippen LogP contribution is 2.22. The molecule has 2 atom stereocenters. The molecule has 1 aromatic rings. The van der Waals surface area contributed by atoms with Gasteiger partial charge in [0.2, 0.25) is 0 Å². The van der Waals surface area contributed by atoms with E-state index in [4.69, 9.17) is 5.73 Å². The number of nitrogens with two attached hydrogens (primary N) is 1. The summed E-state index contributed by atoms with van der Waals surface area (Å²) in [6, 6.07) is 7.33. The van der Waals surface area contributed by atoms with Crippen LogP contribution in [0.25, 0.3) is 0 Å². The van der Waals surface area contributed by atoms with Crippen molar-refractivity contribution in [3.63, 3.8) is 0 Å². The predicted molar refractivity (Wildman–Crippen MR) is 63.8 cm³/mol. The number of aliphatic hydroxyl groups excluding tert-OH is 2. The van der Waals surface area contributed by atoms with Crippen LogP contribution in [0.5, 0.6) is 0 Å². The van der Waals surface area contributed by atoms with Gasteiger partial charge in [0.25, 0.3) is 0 Å². The van der Waals surface area contributed by atoms with Crippen LogP contribution >= 0.6 is 12.6 Å². The van der Waals surface area contributed by atoms with Crippen LogP contribution in [-0.2, 0) is 6.54 Å². The van der Waals surface area contributed by atoms with E-state index < -0.39 is 12.2 Å². The minimum Gasteiger partial charge on any atom is -0.390 e. The predicted octanol–water partition coefficient (Wildman–Crippen LogP) is 0.859. The second-order valence-corrected chi connectivity index (χ2v) is 3.87. The molecule has 4 N–H and O–H groups in total. The molecule has 0 saturated heterocycles. The van der Waals surface area contributed by atoms with Crippen LogP contribution < -0.4 is 5.73 Å². The Hall–Kier alpha value is -0.550. The van der Waals surface area contributed by atoms with E-state index in [0.717, 1.165) is 5.56 Å². The zero-order valence-electron chi connectivity index (χ0n) is 8.50. The highest BCUT2D eigenvalue weighted by atomic mass is 32.1. The Kier molecular flexibility index (Phi) is 5.11. The van der Waals surface area contributed by atoms with E-state index in [1.807, 2.05) is 18.2 Å². The fraction of sp³-hybridized carbons (Fsp3) is 0.455. The van der Waals surface area contributed by atoms with Crippen LogP contribution in [0, 0.1) is 0 Å². The first-order valence-electron chi connectivity index (χ1n) is 4.95. The zero-order chi connectivity index (χ0) is 11.3. The number of benzene rings is 1. The summed E-state index contributed by atoms with van der Waals surface area (Å²) in [4.78, 5) is 0. The Balaban J connectivity index is 2.84. The van der Waals surface area contributed by atoms with Gasteiger partial charge in [0, 0.05) is 6.54 Å². The van der Waals surface area contributed by atoms with Crippen molar-refractivity contribution < 1.29 is 10.2 Å². The first-order chi connectivity index (χ1) is 7.20. The van der Waals surface area contributed by atoms with Crippen molar-refractivity contribution in [2.24, 2.45) is 5.73 Å². The maximum absolute atomic E-state index is 9.89. The summed E-state index contributed by atoms with van der Waals surface area (Å²) in [5.41, 5.74) is 7.12. The van der Waals surface area contributed by atoms with Crippen molar-refractivity contribution in [1.29, 1.82) is 0 Å². The standard InChI is InChI=1S/C11H17NO2S/c12-7-8-3-1-2-4-9(8)11(14)10(13)5-6-15/h1-4,10-11,13-15H,5-7,12H2. The normalized spacial score (nSPS) is 14.9. The molecule has 0 heterocycles. The van der Waals surface area contributed by atoms with Crippen molar-refractivity contribution in [3.8, 4) is 0 Å². The lowest BCUT2D eigenvalue weighted by atomic mass is 9.97. The number of aliphatic hydroxyl groups is 2. The Morgan fingerprint density at radius 2 is 1.93 bits per heavy atom. The average molecular weight is 227 g/mol. The fourth-order valence-corrected chi connectivity index (χ4v) is 1.77. The number of hydrogen-bond donors (Lipinski definition) is 4. The Morgan fingerprint density at radius 3 is 2.53 bits per heavy atom.